The monoisotopic (exact) mass is 639 g/mol. The lowest BCUT2D eigenvalue weighted by atomic mass is 9.94. The summed E-state index contributed by atoms with van der Waals surface area (Å²) in [7, 11) is 3.07. The van der Waals surface area contributed by atoms with Gasteiger partial charge in [-0.3, -0.25) is 9.36 Å². The Morgan fingerprint density at radius 1 is 1.00 bits per heavy atom. The molecule has 4 aromatic rings. The van der Waals surface area contributed by atoms with Gasteiger partial charge in [-0.1, -0.05) is 47.7 Å². The van der Waals surface area contributed by atoms with Crippen LogP contribution in [0.3, 0.4) is 0 Å². The van der Waals surface area contributed by atoms with Crippen LogP contribution < -0.4 is 33.8 Å². The fourth-order valence-electron chi connectivity index (χ4n) is 5.25. The van der Waals surface area contributed by atoms with Crippen molar-refractivity contribution in [2.24, 2.45) is 4.99 Å². The Hall–Kier alpha value is -5.34. The number of nitriles is 1. The molecular formula is C35H33N3O7S. The van der Waals surface area contributed by atoms with E-state index in [-0.39, 0.29) is 24.3 Å². The van der Waals surface area contributed by atoms with Crippen molar-refractivity contribution in [3.63, 3.8) is 0 Å². The summed E-state index contributed by atoms with van der Waals surface area (Å²) >= 11 is 1.21. The van der Waals surface area contributed by atoms with Gasteiger partial charge in [-0.25, -0.2) is 9.79 Å². The third-order valence-corrected chi connectivity index (χ3v) is 8.32. The Kier molecular flexibility index (Phi) is 9.88. The van der Waals surface area contributed by atoms with E-state index in [0.717, 1.165) is 5.56 Å². The van der Waals surface area contributed by atoms with E-state index in [1.54, 1.807) is 56.3 Å². The smallest absolute Gasteiger partial charge is 0.338 e. The Morgan fingerprint density at radius 3 is 2.50 bits per heavy atom. The van der Waals surface area contributed by atoms with Gasteiger partial charge in [0.05, 0.1) is 54.9 Å². The molecule has 1 aromatic heterocycles. The summed E-state index contributed by atoms with van der Waals surface area (Å²) in [6.45, 7) is 6.01. The molecule has 0 saturated heterocycles. The zero-order chi connectivity index (χ0) is 32.8. The van der Waals surface area contributed by atoms with Crippen LogP contribution in [0.5, 0.6) is 23.0 Å². The number of aromatic nitrogens is 1. The van der Waals surface area contributed by atoms with Crippen molar-refractivity contribution in [2.75, 3.05) is 27.4 Å². The SMILES string of the molecule is CCOC(=O)C1=C(C)N=c2s/c(=C/c3ccc(OCc4ccccc4C#N)c(OC)c3)c(=O)n2[C@@H]1c1cccc(OC)c1OCC. The van der Waals surface area contributed by atoms with Crippen LogP contribution in [0, 0.1) is 11.3 Å². The Bertz CT molecular complexity index is 2040. The second-order valence-corrected chi connectivity index (χ2v) is 11.1. The maximum Gasteiger partial charge on any atom is 0.338 e. The molecular weight excluding hydrogens is 606 g/mol. The van der Waals surface area contributed by atoms with Gasteiger partial charge in [0.2, 0.25) is 0 Å². The minimum Gasteiger partial charge on any atom is -0.493 e. The van der Waals surface area contributed by atoms with Gasteiger partial charge in [0.25, 0.3) is 5.56 Å². The average Bonchev–Trinajstić information content (AvgIpc) is 3.37. The number of nitrogens with zero attached hydrogens (tertiary/aromatic N) is 3. The van der Waals surface area contributed by atoms with E-state index in [0.29, 0.717) is 61.3 Å². The average molecular weight is 640 g/mol. The van der Waals surface area contributed by atoms with Crippen molar-refractivity contribution >= 4 is 23.4 Å². The number of hydrogen-bond donors (Lipinski definition) is 0. The molecule has 5 rings (SSSR count). The number of ether oxygens (including phenoxy) is 5. The Morgan fingerprint density at radius 2 is 1.78 bits per heavy atom. The molecule has 3 aromatic carbocycles. The van der Waals surface area contributed by atoms with Crippen molar-refractivity contribution in [3.8, 4) is 29.1 Å². The zero-order valence-electron chi connectivity index (χ0n) is 26.2. The molecule has 1 aliphatic heterocycles. The molecule has 0 spiro atoms. The van der Waals surface area contributed by atoms with Gasteiger partial charge in [0.15, 0.2) is 27.8 Å². The van der Waals surface area contributed by atoms with Gasteiger partial charge in [-0.05, 0) is 56.7 Å². The minimum atomic E-state index is -0.865. The summed E-state index contributed by atoms with van der Waals surface area (Å²) in [5.74, 6) is 1.30. The molecule has 236 valence electrons. The highest BCUT2D eigenvalue weighted by atomic mass is 32.1. The molecule has 46 heavy (non-hydrogen) atoms. The third kappa shape index (κ3) is 6.25. The fourth-order valence-corrected chi connectivity index (χ4v) is 6.30. The molecule has 0 aliphatic carbocycles. The van der Waals surface area contributed by atoms with Crippen molar-refractivity contribution < 1.29 is 28.5 Å². The number of fused-ring (bicyclic) bond motifs is 1. The third-order valence-electron chi connectivity index (χ3n) is 7.34. The molecule has 0 N–H and O–H groups in total. The molecule has 0 radical (unpaired) electrons. The summed E-state index contributed by atoms with van der Waals surface area (Å²) in [5, 5.41) is 9.39. The van der Waals surface area contributed by atoms with Crippen LogP contribution in [-0.4, -0.2) is 38.0 Å². The van der Waals surface area contributed by atoms with Crippen LogP contribution in [0.25, 0.3) is 6.08 Å². The van der Waals surface area contributed by atoms with Gasteiger partial charge < -0.3 is 23.7 Å². The molecule has 0 unspecified atom stereocenters. The molecule has 1 aliphatic rings. The molecule has 10 nitrogen and oxygen atoms in total. The first-order valence-electron chi connectivity index (χ1n) is 14.6. The highest BCUT2D eigenvalue weighted by molar-refractivity contribution is 7.07. The number of carbonyl (C=O) groups excluding carboxylic acids is 1. The summed E-state index contributed by atoms with van der Waals surface area (Å²) in [6, 6.07) is 19.2. The number of benzene rings is 3. The lowest BCUT2D eigenvalue weighted by Gasteiger charge is -2.26. The molecule has 0 bridgehead atoms. The van der Waals surface area contributed by atoms with E-state index in [1.165, 1.54) is 30.1 Å². The molecule has 0 amide bonds. The normalized spacial score (nSPS) is 14.2. The molecule has 2 heterocycles. The van der Waals surface area contributed by atoms with E-state index in [2.05, 4.69) is 11.1 Å². The van der Waals surface area contributed by atoms with E-state index >= 15 is 0 Å². The standard InChI is InChI=1S/C35H33N3O7S/c1-6-43-32-25(13-10-14-27(32)41-4)31-30(34(40)44-7-2)21(3)37-35-38(31)33(39)29(46-35)18-22-15-16-26(28(17-22)42-5)45-20-24-12-9-8-11-23(24)19-36/h8-18,31H,6-7,20H2,1-5H3/b29-18+/t31-/m1/s1. The molecule has 0 fully saturated rings. The van der Waals surface area contributed by atoms with Gasteiger partial charge >= 0.3 is 5.97 Å². The summed E-state index contributed by atoms with van der Waals surface area (Å²) in [5.41, 5.74) is 2.93. The number of thiazole rings is 1. The first-order valence-corrected chi connectivity index (χ1v) is 15.4. The van der Waals surface area contributed by atoms with Crippen molar-refractivity contribution in [3.05, 3.63) is 114 Å². The first-order chi connectivity index (χ1) is 22.3. The lowest BCUT2D eigenvalue weighted by molar-refractivity contribution is -0.139. The Labute approximate surface area is 270 Å². The van der Waals surface area contributed by atoms with Crippen molar-refractivity contribution in [2.45, 2.75) is 33.4 Å². The number of carbonyl (C=O) groups is 1. The number of rotatable bonds is 11. The molecule has 11 heteroatoms. The van der Waals surface area contributed by atoms with E-state index in [4.69, 9.17) is 23.7 Å². The zero-order valence-corrected chi connectivity index (χ0v) is 27.0. The highest BCUT2D eigenvalue weighted by Gasteiger charge is 2.36. The number of methoxy groups -OCH3 is 2. The van der Waals surface area contributed by atoms with Crippen LogP contribution in [-0.2, 0) is 16.1 Å². The van der Waals surface area contributed by atoms with Crippen LogP contribution in [0.1, 0.15) is 49.1 Å². The van der Waals surface area contributed by atoms with E-state index < -0.39 is 12.0 Å². The van der Waals surface area contributed by atoms with Gasteiger partial charge in [-0.15, -0.1) is 0 Å². The first kappa shape index (κ1) is 32.1. The second kappa shape index (κ2) is 14.2. The van der Waals surface area contributed by atoms with Crippen LogP contribution in [0.2, 0.25) is 0 Å². The number of esters is 1. The van der Waals surface area contributed by atoms with Crippen LogP contribution in [0.15, 0.2) is 81.7 Å². The van der Waals surface area contributed by atoms with Gasteiger partial charge in [0, 0.05) is 11.1 Å². The number of hydrogen-bond acceptors (Lipinski definition) is 10. The largest absolute Gasteiger partial charge is 0.493 e. The van der Waals surface area contributed by atoms with E-state index in [1.807, 2.05) is 31.2 Å². The predicted molar refractivity (Wildman–Crippen MR) is 173 cm³/mol. The Balaban J connectivity index is 1.60. The quantitative estimate of drug-likeness (QED) is 0.217. The van der Waals surface area contributed by atoms with Crippen LogP contribution >= 0.6 is 11.3 Å². The number of para-hydroxylation sites is 1. The highest BCUT2D eigenvalue weighted by Crippen LogP contribution is 2.41. The predicted octanol–water partition coefficient (Wildman–Crippen LogP) is 4.66. The second-order valence-electron chi connectivity index (χ2n) is 10.1. The van der Waals surface area contributed by atoms with Gasteiger partial charge in [0.1, 0.15) is 12.6 Å². The number of allylic oxidation sites excluding steroid dienone is 1. The van der Waals surface area contributed by atoms with Crippen molar-refractivity contribution in [1.29, 1.82) is 5.26 Å². The van der Waals surface area contributed by atoms with Crippen molar-refractivity contribution in [1.82, 2.24) is 4.57 Å². The summed E-state index contributed by atoms with van der Waals surface area (Å²) < 4.78 is 30.5. The topological polar surface area (TPSA) is 121 Å². The summed E-state index contributed by atoms with van der Waals surface area (Å²) in [4.78, 5) is 32.6. The minimum absolute atomic E-state index is 0.162. The van der Waals surface area contributed by atoms with E-state index in [9.17, 15) is 14.9 Å². The lowest BCUT2D eigenvalue weighted by Crippen LogP contribution is -2.40. The fraction of sp³-hybridized carbons (Fsp3) is 0.257. The van der Waals surface area contributed by atoms with Crippen LogP contribution in [0.4, 0.5) is 0 Å². The molecule has 1 atom stereocenters. The van der Waals surface area contributed by atoms with Gasteiger partial charge in [-0.2, -0.15) is 5.26 Å². The maximum absolute atomic E-state index is 14.2. The summed E-state index contributed by atoms with van der Waals surface area (Å²) in [6.07, 6.45) is 1.75. The molecule has 0 saturated carbocycles. The maximum atomic E-state index is 14.2.